The summed E-state index contributed by atoms with van der Waals surface area (Å²) in [6.45, 7) is 5.59. The molecule has 144 valence electrons. The summed E-state index contributed by atoms with van der Waals surface area (Å²) < 4.78 is 6.42. The highest BCUT2D eigenvalue weighted by Gasteiger charge is 2.23. The SMILES string of the molecule is CCOC(=O)c1ccn(-c2cccc(NC(=O)C(NC(N)=O)C(C)C)c2)n1. The van der Waals surface area contributed by atoms with Crippen molar-refractivity contribution in [3.63, 3.8) is 0 Å². The van der Waals surface area contributed by atoms with E-state index >= 15 is 0 Å². The number of nitrogens with two attached hydrogens (primary N) is 1. The zero-order valence-corrected chi connectivity index (χ0v) is 15.4. The van der Waals surface area contributed by atoms with Crippen LogP contribution in [0.2, 0.25) is 0 Å². The average Bonchev–Trinajstić information content (AvgIpc) is 3.10. The molecule has 0 fully saturated rings. The predicted molar refractivity (Wildman–Crippen MR) is 99.5 cm³/mol. The summed E-state index contributed by atoms with van der Waals surface area (Å²) in [6, 6.07) is 6.95. The minimum absolute atomic E-state index is 0.140. The highest BCUT2D eigenvalue weighted by molar-refractivity contribution is 5.97. The third-order valence-electron chi connectivity index (χ3n) is 3.70. The van der Waals surface area contributed by atoms with Gasteiger partial charge in [-0.1, -0.05) is 19.9 Å². The van der Waals surface area contributed by atoms with Gasteiger partial charge in [-0.3, -0.25) is 4.79 Å². The molecule has 0 aliphatic rings. The Morgan fingerprint density at radius 2 is 2.00 bits per heavy atom. The summed E-state index contributed by atoms with van der Waals surface area (Å²) >= 11 is 0. The molecule has 1 atom stereocenters. The molecule has 1 aromatic carbocycles. The van der Waals surface area contributed by atoms with E-state index in [4.69, 9.17) is 10.5 Å². The van der Waals surface area contributed by atoms with Gasteiger partial charge in [0.2, 0.25) is 5.91 Å². The van der Waals surface area contributed by atoms with Gasteiger partial charge in [-0.15, -0.1) is 0 Å². The van der Waals surface area contributed by atoms with Crippen LogP contribution in [0.15, 0.2) is 36.5 Å². The number of anilines is 1. The van der Waals surface area contributed by atoms with Crippen LogP contribution < -0.4 is 16.4 Å². The molecule has 1 heterocycles. The maximum Gasteiger partial charge on any atom is 0.358 e. The number of carbonyl (C=O) groups excluding carboxylic acids is 3. The summed E-state index contributed by atoms with van der Waals surface area (Å²) in [5.74, 6) is -1.02. The van der Waals surface area contributed by atoms with Crippen molar-refractivity contribution in [3.05, 3.63) is 42.2 Å². The number of esters is 1. The van der Waals surface area contributed by atoms with Crippen molar-refractivity contribution in [1.29, 1.82) is 0 Å². The second-order valence-electron chi connectivity index (χ2n) is 6.14. The topological polar surface area (TPSA) is 128 Å². The Balaban J connectivity index is 2.16. The molecule has 27 heavy (non-hydrogen) atoms. The monoisotopic (exact) mass is 373 g/mol. The minimum atomic E-state index is -0.763. The van der Waals surface area contributed by atoms with E-state index in [9.17, 15) is 14.4 Å². The van der Waals surface area contributed by atoms with Gasteiger partial charge >= 0.3 is 12.0 Å². The van der Waals surface area contributed by atoms with Crippen LogP contribution in [0.25, 0.3) is 5.69 Å². The van der Waals surface area contributed by atoms with Gasteiger partial charge in [0.05, 0.1) is 12.3 Å². The normalized spacial score (nSPS) is 11.7. The fourth-order valence-electron chi connectivity index (χ4n) is 2.42. The summed E-state index contributed by atoms with van der Waals surface area (Å²) in [4.78, 5) is 35.3. The molecule has 2 rings (SSSR count). The Morgan fingerprint density at radius 1 is 1.26 bits per heavy atom. The van der Waals surface area contributed by atoms with Gasteiger partial charge in [-0.2, -0.15) is 5.10 Å². The standard InChI is InChI=1S/C18H23N5O4/c1-4-27-17(25)14-8-9-23(22-14)13-7-5-6-12(10-13)20-16(24)15(11(2)3)21-18(19)26/h5-11,15H,4H2,1-3H3,(H,20,24)(H3,19,21,26). The minimum Gasteiger partial charge on any atom is -0.461 e. The number of nitrogens with one attached hydrogen (secondary N) is 2. The number of carbonyl (C=O) groups is 3. The van der Waals surface area contributed by atoms with Crippen LogP contribution in [0.5, 0.6) is 0 Å². The van der Waals surface area contributed by atoms with E-state index in [1.54, 1.807) is 57.3 Å². The van der Waals surface area contributed by atoms with Crippen LogP contribution in [0.1, 0.15) is 31.3 Å². The van der Waals surface area contributed by atoms with E-state index in [1.807, 2.05) is 0 Å². The number of hydrogen-bond donors (Lipinski definition) is 3. The smallest absolute Gasteiger partial charge is 0.358 e. The Labute approximate surface area is 156 Å². The molecule has 0 spiro atoms. The van der Waals surface area contributed by atoms with E-state index in [0.717, 1.165) is 0 Å². The molecule has 0 radical (unpaired) electrons. The average molecular weight is 373 g/mol. The van der Waals surface area contributed by atoms with E-state index in [2.05, 4.69) is 15.7 Å². The highest BCUT2D eigenvalue weighted by Crippen LogP contribution is 2.16. The number of benzene rings is 1. The molecule has 1 aromatic heterocycles. The number of aromatic nitrogens is 2. The summed E-state index contributed by atoms with van der Waals surface area (Å²) in [5.41, 5.74) is 6.48. The summed E-state index contributed by atoms with van der Waals surface area (Å²) in [5, 5.41) is 9.36. The first-order valence-electron chi connectivity index (χ1n) is 8.52. The van der Waals surface area contributed by atoms with E-state index in [1.165, 1.54) is 4.68 Å². The van der Waals surface area contributed by atoms with Crippen molar-refractivity contribution in [2.75, 3.05) is 11.9 Å². The number of nitrogens with zero attached hydrogens (tertiary/aromatic N) is 2. The largest absolute Gasteiger partial charge is 0.461 e. The first-order valence-corrected chi connectivity index (χ1v) is 8.52. The number of amides is 3. The molecule has 1 unspecified atom stereocenters. The third-order valence-corrected chi connectivity index (χ3v) is 3.70. The molecule has 4 N–H and O–H groups in total. The van der Waals surface area contributed by atoms with E-state index in [-0.39, 0.29) is 24.1 Å². The van der Waals surface area contributed by atoms with Crippen molar-refractivity contribution in [3.8, 4) is 5.69 Å². The molecule has 0 saturated heterocycles. The predicted octanol–water partition coefficient (Wildman–Crippen LogP) is 1.68. The molecule has 0 bridgehead atoms. The van der Waals surface area contributed by atoms with Gasteiger partial charge in [0, 0.05) is 11.9 Å². The molecule has 9 nitrogen and oxygen atoms in total. The second kappa shape index (κ2) is 8.84. The van der Waals surface area contributed by atoms with Gasteiger partial charge in [-0.05, 0) is 37.1 Å². The maximum absolute atomic E-state index is 12.4. The quantitative estimate of drug-likeness (QED) is 0.636. The van der Waals surface area contributed by atoms with Crippen LogP contribution in [-0.4, -0.2) is 40.3 Å². The molecule has 0 aliphatic carbocycles. The molecular weight excluding hydrogens is 350 g/mol. The van der Waals surface area contributed by atoms with Crippen LogP contribution in [0.3, 0.4) is 0 Å². The van der Waals surface area contributed by atoms with Crippen LogP contribution in [-0.2, 0) is 9.53 Å². The van der Waals surface area contributed by atoms with Gasteiger partial charge in [0.15, 0.2) is 5.69 Å². The lowest BCUT2D eigenvalue weighted by Gasteiger charge is -2.20. The first-order chi connectivity index (χ1) is 12.8. The van der Waals surface area contributed by atoms with Crippen LogP contribution in [0, 0.1) is 5.92 Å². The van der Waals surface area contributed by atoms with Crippen molar-refractivity contribution in [2.45, 2.75) is 26.8 Å². The van der Waals surface area contributed by atoms with Crippen molar-refractivity contribution >= 4 is 23.6 Å². The number of rotatable bonds is 7. The third kappa shape index (κ3) is 5.30. The molecule has 9 heteroatoms. The Kier molecular flexibility index (Phi) is 6.53. The number of primary amides is 1. The molecular formula is C18H23N5O4. The lowest BCUT2D eigenvalue weighted by atomic mass is 10.0. The number of ether oxygens (including phenoxy) is 1. The Bertz CT molecular complexity index is 831. The van der Waals surface area contributed by atoms with E-state index in [0.29, 0.717) is 11.4 Å². The van der Waals surface area contributed by atoms with Crippen LogP contribution in [0.4, 0.5) is 10.5 Å². The summed E-state index contributed by atoms with van der Waals surface area (Å²) in [6.07, 6.45) is 1.62. The second-order valence-corrected chi connectivity index (χ2v) is 6.14. The lowest BCUT2D eigenvalue weighted by Crippen LogP contribution is -2.49. The van der Waals surface area contributed by atoms with Crippen molar-refractivity contribution in [1.82, 2.24) is 15.1 Å². The van der Waals surface area contributed by atoms with Gasteiger partial charge in [0.25, 0.3) is 0 Å². The molecule has 2 aromatic rings. The van der Waals surface area contributed by atoms with Crippen molar-refractivity contribution < 1.29 is 19.1 Å². The highest BCUT2D eigenvalue weighted by atomic mass is 16.5. The zero-order valence-electron chi connectivity index (χ0n) is 15.4. The van der Waals surface area contributed by atoms with Gasteiger partial charge < -0.3 is 21.1 Å². The molecule has 0 saturated carbocycles. The van der Waals surface area contributed by atoms with E-state index < -0.39 is 18.0 Å². The Morgan fingerprint density at radius 3 is 2.63 bits per heavy atom. The van der Waals surface area contributed by atoms with Crippen LogP contribution >= 0.6 is 0 Å². The maximum atomic E-state index is 12.4. The lowest BCUT2D eigenvalue weighted by molar-refractivity contribution is -0.118. The zero-order chi connectivity index (χ0) is 20.0. The fraction of sp³-hybridized carbons (Fsp3) is 0.333. The molecule has 0 aliphatic heterocycles. The van der Waals surface area contributed by atoms with Gasteiger partial charge in [-0.25, -0.2) is 14.3 Å². The number of urea groups is 1. The first kappa shape index (κ1) is 20.0. The Hall–Kier alpha value is -3.36. The van der Waals surface area contributed by atoms with Crippen molar-refractivity contribution in [2.24, 2.45) is 11.7 Å². The number of hydrogen-bond acceptors (Lipinski definition) is 5. The summed E-state index contributed by atoms with van der Waals surface area (Å²) in [7, 11) is 0. The molecule has 3 amide bonds. The fourth-order valence-corrected chi connectivity index (χ4v) is 2.42. The van der Waals surface area contributed by atoms with Gasteiger partial charge in [0.1, 0.15) is 6.04 Å².